The lowest BCUT2D eigenvalue weighted by molar-refractivity contribution is 0.246. The normalized spacial score (nSPS) is 13.9. The summed E-state index contributed by atoms with van der Waals surface area (Å²) in [6.07, 6.45) is 63.6. The van der Waals surface area contributed by atoms with Crippen LogP contribution in [0.4, 0.5) is 0 Å². The molecule has 1 radical (unpaired) electrons. The van der Waals surface area contributed by atoms with Crippen molar-refractivity contribution in [3.8, 4) is 0 Å². The maximum Gasteiger partial charge on any atom is 0.0711 e. The summed E-state index contributed by atoms with van der Waals surface area (Å²) in [4.78, 5) is 0. The molecule has 0 aliphatic rings. The average molecular weight is 755 g/mol. The second-order valence-electron chi connectivity index (χ2n) is 17.0. The summed E-state index contributed by atoms with van der Waals surface area (Å²) in [6.45, 7) is 8.62. The van der Waals surface area contributed by atoms with Crippen molar-refractivity contribution in [1.82, 2.24) is 5.32 Å². The highest BCUT2D eigenvalue weighted by Crippen LogP contribution is 2.28. The summed E-state index contributed by atoms with van der Waals surface area (Å²) in [5.41, 5.74) is 12.8. The molecule has 0 fully saturated rings. The predicted octanol–water partition coefficient (Wildman–Crippen LogP) is 16.2. The minimum atomic E-state index is -0.00295. The van der Waals surface area contributed by atoms with E-state index in [-0.39, 0.29) is 6.17 Å². The molecule has 0 rings (SSSR count). The van der Waals surface area contributed by atoms with Crippen LogP contribution in [0.5, 0.6) is 0 Å². The molecule has 3 heteroatoms. The zero-order valence-electron chi connectivity index (χ0n) is 37.4. The molecule has 0 aliphatic carbocycles. The number of hydrogen-bond donors (Lipinski definition) is 2. The van der Waals surface area contributed by atoms with Crippen molar-refractivity contribution in [3.63, 3.8) is 0 Å². The zero-order valence-corrected chi connectivity index (χ0v) is 37.4. The van der Waals surface area contributed by atoms with Crippen molar-refractivity contribution in [2.24, 2.45) is 23.3 Å². The highest BCUT2D eigenvalue weighted by Gasteiger charge is 2.21. The van der Waals surface area contributed by atoms with Crippen LogP contribution in [0.15, 0.2) is 36.5 Å². The van der Waals surface area contributed by atoms with Crippen molar-refractivity contribution in [2.75, 3.05) is 13.1 Å². The largest absolute Gasteiger partial charge is 0.330 e. The fraction of sp³-hybridized carbons (Fsp3) is 0.882. The number of unbranched alkanes of at least 4 members (excludes halogenated alkanes) is 27. The molecule has 3 nitrogen and oxygen atoms in total. The average Bonchev–Trinajstić information content (AvgIpc) is 3.18. The molecule has 3 unspecified atom stereocenters. The van der Waals surface area contributed by atoms with Crippen molar-refractivity contribution in [1.29, 1.82) is 0 Å². The van der Waals surface area contributed by atoms with Gasteiger partial charge >= 0.3 is 0 Å². The fourth-order valence-electron chi connectivity index (χ4n) is 7.99. The Labute approximate surface area is 341 Å². The summed E-state index contributed by atoms with van der Waals surface area (Å²) in [5, 5.41) is 5.12. The minimum Gasteiger partial charge on any atom is -0.330 e. The number of nitrogens with two attached hydrogens (primary N) is 2. The number of hydrogen-bond acceptors (Lipinski definition) is 2. The zero-order chi connectivity index (χ0) is 39.3. The summed E-state index contributed by atoms with van der Waals surface area (Å²) < 4.78 is 0. The molecule has 0 aromatic carbocycles. The lowest BCUT2D eigenvalue weighted by Crippen LogP contribution is -2.36. The van der Waals surface area contributed by atoms with E-state index in [0.717, 1.165) is 25.9 Å². The van der Waals surface area contributed by atoms with Gasteiger partial charge in [0.05, 0.1) is 6.17 Å². The molecule has 0 aliphatic heterocycles. The van der Waals surface area contributed by atoms with Gasteiger partial charge in [0, 0.05) is 6.54 Å². The lowest BCUT2D eigenvalue weighted by Gasteiger charge is -2.28. The second-order valence-corrected chi connectivity index (χ2v) is 17.0. The highest BCUT2D eigenvalue weighted by atomic mass is 15.0. The van der Waals surface area contributed by atoms with Crippen molar-refractivity contribution >= 4 is 0 Å². The van der Waals surface area contributed by atoms with Gasteiger partial charge in [0.25, 0.3) is 0 Å². The van der Waals surface area contributed by atoms with Crippen molar-refractivity contribution in [3.05, 3.63) is 36.5 Å². The van der Waals surface area contributed by atoms with E-state index < -0.39 is 0 Å². The van der Waals surface area contributed by atoms with Gasteiger partial charge in [0.1, 0.15) is 0 Å². The van der Waals surface area contributed by atoms with E-state index in [1.807, 2.05) is 0 Å². The second kappa shape index (κ2) is 46.5. The molecule has 0 saturated heterocycles. The van der Waals surface area contributed by atoms with Crippen LogP contribution in [0.3, 0.4) is 0 Å². The number of allylic oxidation sites excluding steroid dienone is 6. The quantitative estimate of drug-likeness (QED) is 0.0480. The molecule has 4 N–H and O–H groups in total. The molecule has 0 heterocycles. The smallest absolute Gasteiger partial charge is 0.0711 e. The van der Waals surface area contributed by atoms with Crippen LogP contribution in [-0.4, -0.2) is 19.3 Å². The summed E-state index contributed by atoms with van der Waals surface area (Å²) in [5.74, 6) is 1.32. The Morgan fingerprint density at radius 3 is 1.06 bits per heavy atom. The maximum atomic E-state index is 6.62. The van der Waals surface area contributed by atoms with E-state index in [4.69, 9.17) is 16.8 Å². The predicted molar refractivity (Wildman–Crippen MR) is 246 cm³/mol. The maximum absolute atomic E-state index is 6.62. The van der Waals surface area contributed by atoms with Crippen LogP contribution in [0.2, 0.25) is 0 Å². The molecule has 0 aromatic rings. The summed E-state index contributed by atoms with van der Waals surface area (Å²) in [7, 11) is 0. The van der Waals surface area contributed by atoms with Crippen LogP contribution >= 0.6 is 0 Å². The van der Waals surface area contributed by atoms with Gasteiger partial charge in [-0.05, 0) is 115 Å². The molecular weight excluding hydrogens is 655 g/mol. The SMILES string of the molecule is CCCCCCCC/C=C\CCCCCCC(N)[N]CC(CCCCC/C=C\CCCCCCCC)C(CCN)CCCC/C=C\CCCCCCCC. The van der Waals surface area contributed by atoms with Gasteiger partial charge in [0.2, 0.25) is 0 Å². The highest BCUT2D eigenvalue weighted by molar-refractivity contribution is 4.84. The van der Waals surface area contributed by atoms with Crippen LogP contribution in [0.25, 0.3) is 0 Å². The monoisotopic (exact) mass is 755 g/mol. The Bertz CT molecular complexity index is 773. The van der Waals surface area contributed by atoms with Gasteiger partial charge in [-0.15, -0.1) is 0 Å². The van der Waals surface area contributed by atoms with Gasteiger partial charge in [0.15, 0.2) is 0 Å². The topological polar surface area (TPSA) is 66.1 Å². The first kappa shape index (κ1) is 53.1. The van der Waals surface area contributed by atoms with E-state index in [1.54, 1.807) is 0 Å². The van der Waals surface area contributed by atoms with Crippen LogP contribution in [0, 0.1) is 11.8 Å². The molecule has 0 amide bonds. The van der Waals surface area contributed by atoms with E-state index >= 15 is 0 Å². The Kier molecular flexibility index (Phi) is 45.7. The lowest BCUT2D eigenvalue weighted by atomic mass is 9.81. The third-order valence-corrected chi connectivity index (χ3v) is 11.7. The Balaban J connectivity index is 4.54. The van der Waals surface area contributed by atoms with Crippen LogP contribution < -0.4 is 16.8 Å². The van der Waals surface area contributed by atoms with E-state index in [0.29, 0.717) is 11.8 Å². The molecular formula is C51H100N3. The van der Waals surface area contributed by atoms with E-state index in [1.165, 1.54) is 225 Å². The molecule has 3 atom stereocenters. The molecule has 319 valence electrons. The van der Waals surface area contributed by atoms with E-state index in [2.05, 4.69) is 57.2 Å². The first-order valence-corrected chi connectivity index (χ1v) is 24.8. The van der Waals surface area contributed by atoms with E-state index in [9.17, 15) is 0 Å². The summed E-state index contributed by atoms with van der Waals surface area (Å²) in [6, 6.07) is 0. The third kappa shape index (κ3) is 40.8. The minimum absolute atomic E-state index is 0.00295. The Morgan fingerprint density at radius 2 is 0.648 bits per heavy atom. The number of nitrogens with zero attached hydrogens (tertiary/aromatic N) is 1. The third-order valence-electron chi connectivity index (χ3n) is 11.7. The molecule has 0 spiro atoms. The first-order chi connectivity index (χ1) is 26.7. The van der Waals surface area contributed by atoms with Gasteiger partial charge in [-0.1, -0.05) is 198 Å². The molecule has 54 heavy (non-hydrogen) atoms. The van der Waals surface area contributed by atoms with Crippen LogP contribution in [-0.2, 0) is 0 Å². The van der Waals surface area contributed by atoms with Gasteiger partial charge < -0.3 is 11.5 Å². The Morgan fingerprint density at radius 1 is 0.352 bits per heavy atom. The first-order valence-electron chi connectivity index (χ1n) is 24.8. The van der Waals surface area contributed by atoms with Gasteiger partial charge in [-0.2, -0.15) is 0 Å². The molecule has 0 bridgehead atoms. The standard InChI is InChI=1S/C51H100N3/c1-4-7-10-13-16-19-22-25-27-30-33-36-39-42-45-51(53)54-48-50(44-41-38-35-32-29-26-23-20-17-14-11-8-5-2)49(46-47-52)43-40-37-34-31-28-24-21-18-15-12-9-6-3/h25-29,31,49-51H,4-24,30,32-48,52-53H2,1-3H3/b27-25-,29-26-,31-28-. The molecule has 0 aromatic heterocycles. The Hall–Kier alpha value is -0.900. The van der Waals surface area contributed by atoms with Crippen molar-refractivity contribution < 1.29 is 0 Å². The number of rotatable bonds is 45. The van der Waals surface area contributed by atoms with Crippen molar-refractivity contribution in [2.45, 2.75) is 265 Å². The fourth-order valence-corrected chi connectivity index (χ4v) is 7.99. The molecule has 0 saturated carbocycles. The van der Waals surface area contributed by atoms with Crippen LogP contribution in [0.1, 0.15) is 258 Å². The van der Waals surface area contributed by atoms with Gasteiger partial charge in [-0.25, -0.2) is 5.32 Å². The summed E-state index contributed by atoms with van der Waals surface area (Å²) >= 11 is 0. The van der Waals surface area contributed by atoms with Gasteiger partial charge in [-0.3, -0.25) is 0 Å².